The van der Waals surface area contributed by atoms with Gasteiger partial charge in [-0.05, 0) is 13.0 Å². The van der Waals surface area contributed by atoms with E-state index < -0.39 is 34.9 Å². The summed E-state index contributed by atoms with van der Waals surface area (Å²) in [6, 6.07) is 6.40. The van der Waals surface area contributed by atoms with Crippen LogP contribution in [0.1, 0.15) is 30.5 Å². The molecule has 1 atom stereocenters. The smallest absolute Gasteiger partial charge is 0.378 e. The number of anilines is 1. The van der Waals surface area contributed by atoms with E-state index in [0.29, 0.717) is 29.7 Å². The monoisotopic (exact) mass is 409 g/mol. The van der Waals surface area contributed by atoms with Gasteiger partial charge in [-0.1, -0.05) is 18.2 Å². The Labute approximate surface area is 163 Å². The van der Waals surface area contributed by atoms with Crippen LogP contribution in [-0.2, 0) is 0 Å². The van der Waals surface area contributed by atoms with Crippen LogP contribution < -0.4 is 9.80 Å². The third-order valence-electron chi connectivity index (χ3n) is 5.28. The molecule has 3 aromatic rings. The molecule has 9 heteroatoms. The van der Waals surface area contributed by atoms with Crippen LogP contribution >= 0.6 is 0 Å². The average Bonchev–Trinajstić information content (AvgIpc) is 3.50. The highest BCUT2D eigenvalue weighted by molar-refractivity contribution is 5.92. The molecule has 29 heavy (non-hydrogen) atoms. The van der Waals surface area contributed by atoms with Crippen LogP contribution in [-0.4, -0.2) is 29.6 Å². The van der Waals surface area contributed by atoms with E-state index >= 15 is 0 Å². The number of rotatable bonds is 6. The summed E-state index contributed by atoms with van der Waals surface area (Å²) in [6.45, 7) is -0.319. The van der Waals surface area contributed by atoms with Crippen molar-refractivity contribution >= 4 is 22.4 Å². The summed E-state index contributed by atoms with van der Waals surface area (Å²) in [4.78, 5) is 8.34. The predicted molar refractivity (Wildman–Crippen MR) is 100 cm³/mol. The molecule has 1 aromatic carbocycles. The number of halogens is 5. The maximum atomic E-state index is 14.5. The van der Waals surface area contributed by atoms with E-state index in [2.05, 4.69) is 15.3 Å². The van der Waals surface area contributed by atoms with Gasteiger partial charge in [0.25, 0.3) is 6.43 Å². The molecule has 0 spiro atoms. The largest absolute Gasteiger partial charge is 0.387 e. The second-order valence-corrected chi connectivity index (χ2v) is 7.09. The lowest BCUT2D eigenvalue weighted by Gasteiger charge is -2.20. The first-order chi connectivity index (χ1) is 13.8. The number of pyridine rings is 2. The van der Waals surface area contributed by atoms with Crippen molar-refractivity contribution in [1.29, 1.82) is 0 Å². The lowest BCUT2D eigenvalue weighted by molar-refractivity contribution is 0.0494. The Hall–Kier alpha value is -2.81. The standard InChI is InChI=1S/C20H18F5N4/c1-11(12-3-2-4-13(18(12)21)19(22)23)28-15-5-6-26-16-10-27-17(9-14(15)16)29(7-8-29)20(24)25/h2-6,9-11,19-20H,7-8H2,1H3,(H,26,28)/q+1/t11-/m1/s1. The van der Waals surface area contributed by atoms with Crippen molar-refractivity contribution in [2.45, 2.75) is 25.9 Å². The Morgan fingerprint density at radius 2 is 1.76 bits per heavy atom. The van der Waals surface area contributed by atoms with Gasteiger partial charge < -0.3 is 5.32 Å². The fourth-order valence-corrected chi connectivity index (χ4v) is 3.42. The molecule has 2 aromatic heterocycles. The fraction of sp³-hybridized carbons (Fsp3) is 0.300. The van der Waals surface area contributed by atoms with E-state index in [0.717, 1.165) is 6.07 Å². The maximum Gasteiger partial charge on any atom is 0.387 e. The summed E-state index contributed by atoms with van der Waals surface area (Å²) >= 11 is 0. The summed E-state index contributed by atoms with van der Waals surface area (Å²) < 4.78 is 66.9. The number of aromatic nitrogens is 2. The molecule has 1 aliphatic rings. The van der Waals surface area contributed by atoms with Crippen LogP contribution in [0.4, 0.5) is 33.5 Å². The molecule has 1 saturated heterocycles. The predicted octanol–water partition coefficient (Wildman–Crippen LogP) is 5.42. The first-order valence-electron chi connectivity index (χ1n) is 9.07. The molecule has 1 aliphatic heterocycles. The number of benzene rings is 1. The minimum Gasteiger partial charge on any atom is -0.378 e. The molecule has 0 saturated carbocycles. The number of fused-ring (bicyclic) bond motifs is 1. The summed E-state index contributed by atoms with van der Waals surface area (Å²) in [6.07, 6.45) is 0.0260. The van der Waals surface area contributed by atoms with Gasteiger partial charge in [0.2, 0.25) is 5.82 Å². The molecular formula is C20H18F5N4+. The van der Waals surface area contributed by atoms with Crippen molar-refractivity contribution in [3.05, 3.63) is 59.7 Å². The van der Waals surface area contributed by atoms with Crippen LogP contribution in [0.15, 0.2) is 42.7 Å². The van der Waals surface area contributed by atoms with Gasteiger partial charge in [0.05, 0.1) is 23.3 Å². The van der Waals surface area contributed by atoms with E-state index in [9.17, 15) is 22.0 Å². The van der Waals surface area contributed by atoms with Gasteiger partial charge in [-0.25, -0.2) is 22.6 Å². The third kappa shape index (κ3) is 3.39. The Balaban J connectivity index is 1.70. The van der Waals surface area contributed by atoms with Crippen LogP contribution in [0.25, 0.3) is 10.9 Å². The van der Waals surface area contributed by atoms with Gasteiger partial charge in [0.15, 0.2) is 0 Å². The first kappa shape index (κ1) is 19.5. The van der Waals surface area contributed by atoms with Gasteiger partial charge in [-0.15, -0.1) is 0 Å². The summed E-state index contributed by atoms with van der Waals surface area (Å²) in [5.74, 6) is -0.725. The van der Waals surface area contributed by atoms with E-state index in [1.807, 2.05) is 0 Å². The van der Waals surface area contributed by atoms with Crippen molar-refractivity contribution in [3.8, 4) is 0 Å². The molecule has 0 aliphatic carbocycles. The van der Waals surface area contributed by atoms with Gasteiger partial charge in [0, 0.05) is 28.9 Å². The van der Waals surface area contributed by atoms with Gasteiger partial charge in [0.1, 0.15) is 18.9 Å². The second kappa shape index (κ2) is 7.22. The molecule has 0 radical (unpaired) electrons. The van der Waals surface area contributed by atoms with Crippen LogP contribution in [0, 0.1) is 5.82 Å². The van der Waals surface area contributed by atoms with Gasteiger partial charge in [-0.3, -0.25) is 4.98 Å². The minimum atomic E-state index is -2.92. The molecule has 0 unspecified atom stereocenters. The molecule has 152 valence electrons. The zero-order chi connectivity index (χ0) is 20.8. The topological polar surface area (TPSA) is 37.8 Å². The molecular weight excluding hydrogens is 391 g/mol. The summed E-state index contributed by atoms with van der Waals surface area (Å²) in [7, 11) is 0. The third-order valence-corrected chi connectivity index (χ3v) is 5.28. The lowest BCUT2D eigenvalue weighted by atomic mass is 10.0. The SMILES string of the molecule is C[C@@H](Nc1ccnc2cnc([N+]3(C(F)F)CC3)cc12)c1cccc(C(F)F)c1F. The lowest BCUT2D eigenvalue weighted by Crippen LogP contribution is -2.32. The second-order valence-electron chi connectivity index (χ2n) is 7.09. The number of hydrogen-bond donors (Lipinski definition) is 1. The van der Waals surface area contributed by atoms with E-state index in [-0.39, 0.29) is 11.4 Å². The first-order valence-corrected chi connectivity index (χ1v) is 9.07. The molecule has 1 N–H and O–H groups in total. The van der Waals surface area contributed by atoms with Crippen molar-refractivity contribution < 1.29 is 22.0 Å². The van der Waals surface area contributed by atoms with Gasteiger partial charge in [-0.2, -0.15) is 8.78 Å². The summed E-state index contributed by atoms with van der Waals surface area (Å²) in [5.41, 5.74) is 0.445. The number of nitrogens with one attached hydrogen (secondary N) is 1. The van der Waals surface area contributed by atoms with Crippen molar-refractivity contribution in [2.24, 2.45) is 0 Å². The Bertz CT molecular complexity index is 1050. The quantitative estimate of drug-likeness (QED) is 0.256. The Morgan fingerprint density at radius 1 is 1.03 bits per heavy atom. The molecule has 3 heterocycles. The zero-order valence-electron chi connectivity index (χ0n) is 15.4. The molecule has 1 fully saturated rings. The average molecular weight is 409 g/mol. The van der Waals surface area contributed by atoms with Gasteiger partial charge >= 0.3 is 6.55 Å². The normalized spacial score (nSPS) is 16.4. The molecule has 0 bridgehead atoms. The van der Waals surface area contributed by atoms with E-state index in [1.54, 1.807) is 19.1 Å². The van der Waals surface area contributed by atoms with Crippen LogP contribution in [0.3, 0.4) is 0 Å². The van der Waals surface area contributed by atoms with Crippen LogP contribution in [0.5, 0.6) is 0 Å². The highest BCUT2D eigenvalue weighted by atomic mass is 19.3. The molecule has 4 rings (SSSR count). The number of alkyl halides is 4. The number of quaternary nitrogens is 1. The summed E-state index contributed by atoms with van der Waals surface area (Å²) in [5, 5.41) is 3.64. The van der Waals surface area contributed by atoms with Crippen LogP contribution in [0.2, 0.25) is 0 Å². The molecule has 4 nitrogen and oxygen atoms in total. The number of nitrogens with zero attached hydrogens (tertiary/aromatic N) is 3. The van der Waals surface area contributed by atoms with E-state index in [4.69, 9.17) is 0 Å². The van der Waals surface area contributed by atoms with Crippen molar-refractivity contribution in [2.75, 3.05) is 18.4 Å². The molecule has 0 amide bonds. The van der Waals surface area contributed by atoms with E-state index in [1.165, 1.54) is 24.5 Å². The Kier molecular flexibility index (Phi) is 4.85. The minimum absolute atomic E-state index is 0.0871. The maximum absolute atomic E-state index is 14.5. The van der Waals surface area contributed by atoms with Crippen molar-refractivity contribution in [1.82, 2.24) is 14.5 Å². The fourth-order valence-electron chi connectivity index (χ4n) is 3.42. The number of hydrogen-bond acceptors (Lipinski definition) is 3. The van der Waals surface area contributed by atoms with Crippen molar-refractivity contribution in [3.63, 3.8) is 0 Å². The Morgan fingerprint density at radius 3 is 2.41 bits per heavy atom. The zero-order valence-corrected chi connectivity index (χ0v) is 15.4. The highest BCUT2D eigenvalue weighted by Gasteiger charge is 2.54. The highest BCUT2D eigenvalue weighted by Crippen LogP contribution is 2.38.